The second-order valence-corrected chi connectivity index (χ2v) is 16.4. The van der Waals surface area contributed by atoms with Gasteiger partial charge < -0.3 is 29.4 Å². The van der Waals surface area contributed by atoms with Crippen LogP contribution in [0.4, 0.5) is 30.7 Å². The highest BCUT2D eigenvalue weighted by atomic mass is 32.1. The van der Waals surface area contributed by atoms with Crippen molar-refractivity contribution >= 4 is 50.7 Å². The van der Waals surface area contributed by atoms with E-state index in [0.717, 1.165) is 17.1 Å². The number of esters is 2. The number of morpholine rings is 1. The van der Waals surface area contributed by atoms with Gasteiger partial charge in [0.1, 0.15) is 22.3 Å². The molecule has 1 spiro atoms. The van der Waals surface area contributed by atoms with E-state index in [4.69, 9.17) is 9.47 Å². The van der Waals surface area contributed by atoms with Crippen molar-refractivity contribution in [2.75, 3.05) is 45.9 Å². The van der Waals surface area contributed by atoms with Gasteiger partial charge in [-0.1, -0.05) is 31.3 Å². The third-order valence-electron chi connectivity index (χ3n) is 9.71. The number of carbonyl (C=O) groups is 3. The molecule has 0 radical (unpaired) electrons. The van der Waals surface area contributed by atoms with Gasteiger partial charge in [0.25, 0.3) is 5.91 Å². The molecule has 0 saturated carbocycles. The molecule has 314 valence electrons. The lowest BCUT2D eigenvalue weighted by molar-refractivity contribution is -0.205. The van der Waals surface area contributed by atoms with E-state index in [1.807, 2.05) is 18.7 Å². The van der Waals surface area contributed by atoms with Gasteiger partial charge in [0, 0.05) is 44.2 Å². The zero-order chi connectivity index (χ0) is 42.0. The van der Waals surface area contributed by atoms with Crippen LogP contribution < -0.4 is 14.9 Å². The standard InChI is InChI=1S/C37H38F7N5O7S2/c1-20(2)30-46-17-27(57-30)31(50)49-11-12-54-35(19-49)6-9-48(10-7-35)18-22-13-21(14-23(38)15-22)5-8-45-16-26(56-33(52)37(42,43)44)24-3-4-25(55-32(51)36(39,40)41)28-29(24)58-34(53)47-28/h3-4,13-15,17,20,26,45H,5-12,16,18-19H2,1-2H3,(H,47,53)/t26-/m0/s1. The number of aromatic nitrogens is 2. The predicted octanol–water partition coefficient (Wildman–Crippen LogP) is 6.26. The topological polar surface area (TPSA) is 143 Å². The molecular weight excluding hydrogens is 824 g/mol. The molecule has 1 amide bonds. The Morgan fingerprint density at radius 1 is 1.00 bits per heavy atom. The van der Waals surface area contributed by atoms with Crippen molar-refractivity contribution in [3.8, 4) is 5.75 Å². The van der Waals surface area contributed by atoms with Crippen molar-refractivity contribution < 1.29 is 59.3 Å². The second-order valence-electron chi connectivity index (χ2n) is 14.3. The number of benzene rings is 2. The average molecular weight is 862 g/mol. The lowest BCUT2D eigenvalue weighted by Gasteiger charge is -2.47. The van der Waals surface area contributed by atoms with E-state index in [1.165, 1.54) is 23.5 Å². The highest BCUT2D eigenvalue weighted by Gasteiger charge is 2.44. The minimum absolute atomic E-state index is 0.0590. The molecule has 2 fully saturated rings. The number of likely N-dealkylation sites (tertiary alicyclic amines) is 1. The molecule has 6 rings (SSSR count). The Balaban J connectivity index is 1.06. The zero-order valence-corrected chi connectivity index (χ0v) is 32.7. The first kappa shape index (κ1) is 43.1. The minimum atomic E-state index is -5.40. The second kappa shape index (κ2) is 17.4. The fourth-order valence-electron chi connectivity index (χ4n) is 6.86. The largest absolute Gasteiger partial charge is 0.491 e. The summed E-state index contributed by atoms with van der Waals surface area (Å²) >= 11 is 1.80. The Bertz CT molecular complexity index is 2200. The molecule has 2 aromatic carbocycles. The first-order valence-electron chi connectivity index (χ1n) is 18.1. The Morgan fingerprint density at radius 2 is 1.71 bits per heavy atom. The number of fused-ring (bicyclic) bond motifs is 1. The lowest BCUT2D eigenvalue weighted by atomic mass is 9.89. The third kappa shape index (κ3) is 10.4. The Labute approximate surface area is 334 Å². The molecule has 2 aromatic heterocycles. The maximum Gasteiger partial charge on any atom is 0.491 e. The van der Waals surface area contributed by atoms with Gasteiger partial charge in [-0.25, -0.2) is 19.0 Å². The van der Waals surface area contributed by atoms with Crippen molar-refractivity contribution in [3.63, 3.8) is 0 Å². The van der Waals surface area contributed by atoms with Crippen molar-refractivity contribution in [2.45, 2.75) is 69.6 Å². The van der Waals surface area contributed by atoms with E-state index in [1.54, 1.807) is 12.3 Å². The van der Waals surface area contributed by atoms with Gasteiger partial charge in [0.2, 0.25) is 0 Å². The molecule has 4 aromatic rings. The molecule has 2 aliphatic heterocycles. The van der Waals surface area contributed by atoms with Crippen LogP contribution in [0.25, 0.3) is 10.2 Å². The number of H-pyrrole nitrogens is 1. The van der Waals surface area contributed by atoms with Gasteiger partial charge in [-0.2, -0.15) is 26.3 Å². The van der Waals surface area contributed by atoms with Crippen LogP contribution in [-0.2, 0) is 32.0 Å². The number of nitrogens with zero attached hydrogens (tertiary/aromatic N) is 3. The Kier molecular flexibility index (Phi) is 13.0. The minimum Gasteiger partial charge on any atom is -0.449 e. The first-order chi connectivity index (χ1) is 27.3. The molecule has 0 bridgehead atoms. The van der Waals surface area contributed by atoms with Crippen LogP contribution in [0.2, 0.25) is 0 Å². The van der Waals surface area contributed by atoms with Gasteiger partial charge in [0.15, 0.2) is 5.75 Å². The number of carbonyl (C=O) groups excluding carboxylic acids is 3. The van der Waals surface area contributed by atoms with Crippen molar-refractivity contribution in [1.29, 1.82) is 0 Å². The van der Waals surface area contributed by atoms with Gasteiger partial charge in [-0.05, 0) is 61.2 Å². The molecule has 1 atom stereocenters. The van der Waals surface area contributed by atoms with Crippen LogP contribution in [0.15, 0.2) is 41.3 Å². The summed E-state index contributed by atoms with van der Waals surface area (Å²) < 4.78 is 108. The van der Waals surface area contributed by atoms with Crippen LogP contribution in [0.5, 0.6) is 5.75 Å². The summed E-state index contributed by atoms with van der Waals surface area (Å²) in [5.41, 5.74) is 0.171. The van der Waals surface area contributed by atoms with Crippen molar-refractivity contribution in [3.05, 3.63) is 78.6 Å². The SMILES string of the molecule is CC(C)c1ncc(C(=O)N2CCOC3(CCN(Cc4cc(F)cc(CCNC[C@H](OC(=O)C(F)(F)F)c5ccc(OC(=O)C(F)(F)F)c6[nH]c(=O)sc56)c4)CC3)C2)s1. The van der Waals surface area contributed by atoms with Crippen molar-refractivity contribution in [2.24, 2.45) is 0 Å². The molecule has 0 aliphatic carbocycles. The molecule has 58 heavy (non-hydrogen) atoms. The zero-order valence-electron chi connectivity index (χ0n) is 31.1. The van der Waals surface area contributed by atoms with Crippen LogP contribution in [-0.4, -0.2) is 101 Å². The van der Waals surface area contributed by atoms with Crippen LogP contribution in [0, 0.1) is 5.82 Å². The Morgan fingerprint density at radius 3 is 2.38 bits per heavy atom. The summed E-state index contributed by atoms with van der Waals surface area (Å²) in [6.07, 6.45) is -9.33. The maximum atomic E-state index is 14.8. The number of piperidine rings is 1. The number of alkyl halides is 6. The van der Waals surface area contributed by atoms with E-state index >= 15 is 0 Å². The van der Waals surface area contributed by atoms with E-state index in [9.17, 15) is 49.9 Å². The maximum absolute atomic E-state index is 14.8. The number of thiazole rings is 2. The molecule has 2 aliphatic rings. The quantitative estimate of drug-likeness (QED) is 0.0726. The fraction of sp³-hybridized carbons (Fsp3) is 0.486. The summed E-state index contributed by atoms with van der Waals surface area (Å²) in [4.78, 5) is 59.2. The van der Waals surface area contributed by atoms with E-state index in [2.05, 4.69) is 24.9 Å². The highest BCUT2D eigenvalue weighted by Crippen LogP contribution is 2.36. The number of amides is 1. The van der Waals surface area contributed by atoms with E-state index in [0.29, 0.717) is 79.5 Å². The van der Waals surface area contributed by atoms with Gasteiger partial charge in [0.05, 0.1) is 34.7 Å². The number of hydrogen-bond acceptors (Lipinski definition) is 12. The number of nitrogens with one attached hydrogen (secondary N) is 2. The summed E-state index contributed by atoms with van der Waals surface area (Å²) in [6.45, 7) is 6.74. The number of hydrogen-bond donors (Lipinski definition) is 2. The third-order valence-corrected chi connectivity index (χ3v) is 11.9. The number of halogens is 7. The number of aromatic amines is 1. The fourth-order valence-corrected chi connectivity index (χ4v) is 8.66. The summed E-state index contributed by atoms with van der Waals surface area (Å²) in [6, 6.07) is 6.35. The normalized spacial score (nSPS) is 16.9. The van der Waals surface area contributed by atoms with Gasteiger partial charge in [-0.3, -0.25) is 14.5 Å². The molecule has 21 heteroatoms. The summed E-state index contributed by atoms with van der Waals surface area (Å²) in [5, 5.41) is 3.77. The molecule has 4 heterocycles. The van der Waals surface area contributed by atoms with E-state index in [-0.39, 0.29) is 35.1 Å². The monoisotopic (exact) mass is 861 g/mol. The lowest BCUT2D eigenvalue weighted by Crippen LogP contribution is -2.57. The van der Waals surface area contributed by atoms with Crippen LogP contribution in [0.3, 0.4) is 0 Å². The average Bonchev–Trinajstić information content (AvgIpc) is 3.81. The molecule has 0 unspecified atom stereocenters. The molecule has 2 N–H and O–H groups in total. The summed E-state index contributed by atoms with van der Waals surface area (Å²) in [7, 11) is 0. The van der Waals surface area contributed by atoms with E-state index < -0.39 is 64.5 Å². The molecule has 12 nitrogen and oxygen atoms in total. The van der Waals surface area contributed by atoms with Crippen LogP contribution in [0.1, 0.15) is 70.1 Å². The Hall–Kier alpha value is -4.44. The van der Waals surface area contributed by atoms with Crippen molar-refractivity contribution in [1.82, 2.24) is 25.1 Å². The van der Waals surface area contributed by atoms with Gasteiger partial charge >= 0.3 is 29.2 Å². The highest BCUT2D eigenvalue weighted by molar-refractivity contribution is 7.16. The first-order valence-corrected chi connectivity index (χ1v) is 19.8. The molecule has 2 saturated heterocycles. The summed E-state index contributed by atoms with van der Waals surface area (Å²) in [5.74, 6) is -6.20. The van der Waals surface area contributed by atoms with Crippen LogP contribution >= 0.6 is 22.7 Å². The predicted molar refractivity (Wildman–Crippen MR) is 197 cm³/mol. The smallest absolute Gasteiger partial charge is 0.449 e. The molecular formula is C37H38F7N5O7S2. The number of rotatable bonds is 12. The number of ether oxygens (including phenoxy) is 3. The van der Waals surface area contributed by atoms with Gasteiger partial charge in [-0.15, -0.1) is 11.3 Å².